The molecule has 0 spiro atoms. The molecule has 0 saturated carbocycles. The fourth-order valence-corrected chi connectivity index (χ4v) is 2.87. The summed E-state index contributed by atoms with van der Waals surface area (Å²) in [5.41, 5.74) is 1.33. The van der Waals surface area contributed by atoms with Crippen molar-refractivity contribution in [3.8, 4) is 0 Å². The molecule has 1 fully saturated rings. The second kappa shape index (κ2) is 7.90. The largest absolute Gasteiger partial charge is 0.342 e. The van der Waals surface area contributed by atoms with Gasteiger partial charge in [0.05, 0.1) is 11.9 Å². The predicted octanol–water partition coefficient (Wildman–Crippen LogP) is 0.852. The molecule has 2 heterocycles. The molecule has 0 bridgehead atoms. The van der Waals surface area contributed by atoms with Crippen LogP contribution in [0.15, 0.2) is 42.7 Å². The summed E-state index contributed by atoms with van der Waals surface area (Å²) in [6.07, 6.45) is 3.86. The number of anilines is 2. The quantitative estimate of drug-likeness (QED) is 0.725. The molecule has 1 aromatic carbocycles. The van der Waals surface area contributed by atoms with E-state index in [1.165, 1.54) is 0 Å². The van der Waals surface area contributed by atoms with E-state index < -0.39 is 24.0 Å². The number of para-hydroxylation sites is 1. The number of hydrogen-bond donors (Lipinski definition) is 3. The second-order valence-electron chi connectivity index (χ2n) is 6.40. The zero-order valence-electron chi connectivity index (χ0n) is 15.2. The van der Waals surface area contributed by atoms with Crippen molar-refractivity contribution in [1.29, 1.82) is 0 Å². The minimum Gasteiger partial charge on any atom is -0.342 e. The zero-order chi connectivity index (χ0) is 19.4. The number of nitrogens with one attached hydrogen (secondary N) is 3. The van der Waals surface area contributed by atoms with Crippen molar-refractivity contribution in [2.45, 2.75) is 25.4 Å². The Morgan fingerprint density at radius 2 is 2.00 bits per heavy atom. The summed E-state index contributed by atoms with van der Waals surface area (Å²) in [6, 6.07) is 7.04. The van der Waals surface area contributed by atoms with Crippen molar-refractivity contribution in [2.75, 3.05) is 16.8 Å². The second-order valence-corrected chi connectivity index (χ2v) is 6.40. The van der Waals surface area contributed by atoms with E-state index in [0.717, 1.165) is 0 Å². The smallest absolute Gasteiger partial charge is 0.319 e. The molecule has 142 valence electrons. The lowest BCUT2D eigenvalue weighted by Crippen LogP contribution is -2.51. The van der Waals surface area contributed by atoms with Gasteiger partial charge in [0.1, 0.15) is 12.1 Å². The van der Waals surface area contributed by atoms with Gasteiger partial charge in [0.15, 0.2) is 0 Å². The summed E-state index contributed by atoms with van der Waals surface area (Å²) in [5, 5.41) is 12.0. The third kappa shape index (κ3) is 4.43. The van der Waals surface area contributed by atoms with Gasteiger partial charge in [-0.05, 0) is 25.5 Å². The van der Waals surface area contributed by atoms with Crippen LogP contribution >= 0.6 is 0 Å². The average molecular weight is 370 g/mol. The standard InChI is InChI=1S/C18H22N6O3/c1-12(20-18(27)21-13-6-4-3-5-7-13)16(25)22-15-8-9-24(17(15)26)14-10-19-23(2)11-14/h3-7,10-12,15H,8-9H2,1-2H3,(H,22,25)(H2,20,21,27). The van der Waals surface area contributed by atoms with Gasteiger partial charge in [-0.3, -0.25) is 14.3 Å². The van der Waals surface area contributed by atoms with Crippen molar-refractivity contribution in [2.24, 2.45) is 7.05 Å². The van der Waals surface area contributed by atoms with Gasteiger partial charge in [-0.2, -0.15) is 5.10 Å². The molecule has 1 saturated heterocycles. The van der Waals surface area contributed by atoms with Crippen LogP contribution in [0.5, 0.6) is 0 Å². The van der Waals surface area contributed by atoms with Crippen LogP contribution in [0.4, 0.5) is 16.2 Å². The molecule has 0 radical (unpaired) electrons. The van der Waals surface area contributed by atoms with Gasteiger partial charge in [-0.25, -0.2) is 4.79 Å². The minimum absolute atomic E-state index is 0.183. The molecule has 9 nitrogen and oxygen atoms in total. The van der Waals surface area contributed by atoms with E-state index in [2.05, 4.69) is 21.0 Å². The van der Waals surface area contributed by atoms with E-state index in [1.807, 2.05) is 6.07 Å². The summed E-state index contributed by atoms with van der Waals surface area (Å²) >= 11 is 0. The number of aromatic nitrogens is 2. The van der Waals surface area contributed by atoms with E-state index in [4.69, 9.17) is 0 Å². The Balaban J connectivity index is 1.51. The highest BCUT2D eigenvalue weighted by molar-refractivity contribution is 6.02. The van der Waals surface area contributed by atoms with Gasteiger partial charge < -0.3 is 20.9 Å². The fourth-order valence-electron chi connectivity index (χ4n) is 2.87. The number of nitrogens with zero attached hydrogens (tertiary/aromatic N) is 3. The van der Waals surface area contributed by atoms with Crippen LogP contribution in [0.3, 0.4) is 0 Å². The molecule has 4 amide bonds. The molecular formula is C18H22N6O3. The molecule has 3 rings (SSSR count). The van der Waals surface area contributed by atoms with Crippen LogP contribution in [0.25, 0.3) is 0 Å². The van der Waals surface area contributed by atoms with E-state index in [1.54, 1.807) is 60.2 Å². The lowest BCUT2D eigenvalue weighted by molar-refractivity contribution is -0.127. The van der Waals surface area contributed by atoms with Crippen LogP contribution in [0, 0.1) is 0 Å². The summed E-state index contributed by atoms with van der Waals surface area (Å²) in [6.45, 7) is 2.07. The monoisotopic (exact) mass is 370 g/mol. The Morgan fingerprint density at radius 1 is 1.26 bits per heavy atom. The first-order chi connectivity index (χ1) is 12.9. The highest BCUT2D eigenvalue weighted by Crippen LogP contribution is 2.20. The number of urea groups is 1. The number of carbonyl (C=O) groups excluding carboxylic acids is 3. The van der Waals surface area contributed by atoms with Crippen LogP contribution in [0.2, 0.25) is 0 Å². The first kappa shape index (κ1) is 18.4. The normalized spacial score (nSPS) is 17.5. The zero-order valence-corrected chi connectivity index (χ0v) is 15.2. The molecular weight excluding hydrogens is 348 g/mol. The fraction of sp³-hybridized carbons (Fsp3) is 0.333. The van der Waals surface area contributed by atoms with Gasteiger partial charge >= 0.3 is 6.03 Å². The van der Waals surface area contributed by atoms with Crippen molar-refractivity contribution in [1.82, 2.24) is 20.4 Å². The average Bonchev–Trinajstić information content (AvgIpc) is 3.21. The molecule has 1 aliphatic heterocycles. The van der Waals surface area contributed by atoms with Crippen LogP contribution in [-0.4, -0.2) is 46.3 Å². The summed E-state index contributed by atoms with van der Waals surface area (Å²) in [5.74, 6) is -0.595. The SMILES string of the molecule is CC(NC(=O)Nc1ccccc1)C(=O)NC1CCN(c2cnn(C)c2)C1=O. The molecule has 9 heteroatoms. The number of carbonyl (C=O) groups is 3. The van der Waals surface area contributed by atoms with Crippen LogP contribution in [0.1, 0.15) is 13.3 Å². The Labute approximate surface area is 156 Å². The van der Waals surface area contributed by atoms with Gasteiger partial charge in [0, 0.05) is 25.5 Å². The number of aryl methyl sites for hydroxylation is 1. The van der Waals surface area contributed by atoms with E-state index >= 15 is 0 Å². The predicted molar refractivity (Wildman–Crippen MR) is 100 cm³/mol. The van der Waals surface area contributed by atoms with Gasteiger partial charge in [0.25, 0.3) is 0 Å². The molecule has 1 aromatic heterocycles. The molecule has 0 aliphatic carbocycles. The first-order valence-corrected chi connectivity index (χ1v) is 8.67. The Kier molecular flexibility index (Phi) is 5.39. The summed E-state index contributed by atoms with van der Waals surface area (Å²) in [4.78, 5) is 38.4. The number of rotatable bonds is 5. The van der Waals surface area contributed by atoms with E-state index in [9.17, 15) is 14.4 Å². The van der Waals surface area contributed by atoms with E-state index in [-0.39, 0.29) is 5.91 Å². The summed E-state index contributed by atoms with van der Waals surface area (Å²) < 4.78 is 1.62. The van der Waals surface area contributed by atoms with Crippen molar-refractivity contribution in [3.63, 3.8) is 0 Å². The minimum atomic E-state index is -0.783. The first-order valence-electron chi connectivity index (χ1n) is 8.67. The molecule has 2 unspecified atom stereocenters. The van der Waals surface area contributed by atoms with Crippen molar-refractivity contribution < 1.29 is 14.4 Å². The molecule has 3 N–H and O–H groups in total. The summed E-state index contributed by atoms with van der Waals surface area (Å²) in [7, 11) is 1.77. The highest BCUT2D eigenvalue weighted by Gasteiger charge is 2.35. The number of amides is 4. The van der Waals surface area contributed by atoms with Gasteiger partial charge in [0.2, 0.25) is 11.8 Å². The number of benzene rings is 1. The van der Waals surface area contributed by atoms with Crippen LogP contribution in [-0.2, 0) is 16.6 Å². The van der Waals surface area contributed by atoms with E-state index in [0.29, 0.717) is 24.3 Å². The Bertz CT molecular complexity index is 835. The Morgan fingerprint density at radius 3 is 2.67 bits per heavy atom. The topological polar surface area (TPSA) is 108 Å². The molecule has 2 aromatic rings. The lowest BCUT2D eigenvalue weighted by atomic mass is 10.2. The molecule has 1 aliphatic rings. The lowest BCUT2D eigenvalue weighted by Gasteiger charge is -2.18. The maximum atomic E-state index is 12.5. The van der Waals surface area contributed by atoms with Crippen molar-refractivity contribution in [3.05, 3.63) is 42.7 Å². The number of hydrogen-bond acceptors (Lipinski definition) is 4. The highest BCUT2D eigenvalue weighted by atomic mass is 16.2. The van der Waals surface area contributed by atoms with Crippen molar-refractivity contribution >= 4 is 29.2 Å². The third-order valence-corrected chi connectivity index (χ3v) is 4.30. The maximum absolute atomic E-state index is 12.5. The Hall–Kier alpha value is -3.36. The maximum Gasteiger partial charge on any atom is 0.319 e. The third-order valence-electron chi connectivity index (χ3n) is 4.30. The van der Waals surface area contributed by atoms with Gasteiger partial charge in [-0.15, -0.1) is 0 Å². The molecule has 27 heavy (non-hydrogen) atoms. The molecule has 2 atom stereocenters. The van der Waals surface area contributed by atoms with Crippen LogP contribution < -0.4 is 20.9 Å². The van der Waals surface area contributed by atoms with Gasteiger partial charge in [-0.1, -0.05) is 18.2 Å².